The van der Waals surface area contributed by atoms with E-state index in [4.69, 9.17) is 12.2 Å². The van der Waals surface area contributed by atoms with Gasteiger partial charge < -0.3 is 11.1 Å². The van der Waals surface area contributed by atoms with Crippen molar-refractivity contribution in [2.75, 3.05) is 0 Å². The Morgan fingerprint density at radius 3 is 2.33 bits per heavy atom. The Hall–Kier alpha value is -2.42. The number of rotatable bonds is 4. The van der Waals surface area contributed by atoms with Crippen molar-refractivity contribution in [3.63, 3.8) is 0 Å². The van der Waals surface area contributed by atoms with Gasteiger partial charge in [0.05, 0.1) is 0 Å². The van der Waals surface area contributed by atoms with Crippen LogP contribution in [0.5, 0.6) is 0 Å². The minimum Gasteiger partial charge on any atom is -0.368 e. The third-order valence-corrected chi connectivity index (χ3v) is 2.10. The Morgan fingerprint density at radius 1 is 1.33 bits per heavy atom. The summed E-state index contributed by atoms with van der Waals surface area (Å²) in [5.74, 6) is -1.27. The first-order valence-corrected chi connectivity index (χ1v) is 4.93. The van der Waals surface area contributed by atoms with Gasteiger partial charge in [-0.15, -0.1) is 12.3 Å². The molecule has 1 aromatic rings. The van der Waals surface area contributed by atoms with E-state index in [1.54, 1.807) is 0 Å². The maximum Gasteiger partial charge on any atom is 0.252 e. The lowest BCUT2D eigenvalue weighted by atomic mass is 10.1. The summed E-state index contributed by atoms with van der Waals surface area (Å²) < 4.78 is 25.8. The fourth-order valence-electron chi connectivity index (χ4n) is 1.27. The standard InChI is InChI=1S/C12H10F2N2O2/c1-2-3-10(11(15)17)16-12(18)7-4-8(13)6-9(14)5-7/h1,4-6,10H,3H2,(H2,15,17)(H,16,18)/t10-/m0/s1. The fraction of sp³-hybridized carbons (Fsp3) is 0.167. The molecule has 6 heteroatoms. The minimum absolute atomic E-state index is 0.0983. The molecule has 0 aromatic heterocycles. The first-order valence-electron chi connectivity index (χ1n) is 4.93. The number of benzene rings is 1. The first-order chi connectivity index (χ1) is 8.43. The lowest BCUT2D eigenvalue weighted by Crippen LogP contribution is -2.44. The van der Waals surface area contributed by atoms with Gasteiger partial charge in [0.15, 0.2) is 0 Å². The third-order valence-electron chi connectivity index (χ3n) is 2.10. The van der Waals surface area contributed by atoms with Gasteiger partial charge in [0.2, 0.25) is 5.91 Å². The second kappa shape index (κ2) is 5.77. The highest BCUT2D eigenvalue weighted by Crippen LogP contribution is 2.08. The Kier molecular flexibility index (Phi) is 4.38. The van der Waals surface area contributed by atoms with Crippen LogP contribution in [0.4, 0.5) is 8.78 Å². The van der Waals surface area contributed by atoms with E-state index >= 15 is 0 Å². The molecule has 4 nitrogen and oxygen atoms in total. The molecule has 0 heterocycles. The van der Waals surface area contributed by atoms with Crippen molar-refractivity contribution >= 4 is 11.8 Å². The zero-order valence-corrected chi connectivity index (χ0v) is 9.24. The van der Waals surface area contributed by atoms with E-state index in [1.165, 1.54) is 0 Å². The maximum absolute atomic E-state index is 12.9. The van der Waals surface area contributed by atoms with Crippen LogP contribution >= 0.6 is 0 Å². The van der Waals surface area contributed by atoms with Gasteiger partial charge in [0, 0.05) is 18.1 Å². The van der Waals surface area contributed by atoms with Crippen LogP contribution in [0.25, 0.3) is 0 Å². The van der Waals surface area contributed by atoms with Gasteiger partial charge in [0.25, 0.3) is 5.91 Å². The van der Waals surface area contributed by atoms with E-state index in [0.717, 1.165) is 12.1 Å². The summed E-state index contributed by atoms with van der Waals surface area (Å²) in [5, 5.41) is 2.20. The van der Waals surface area contributed by atoms with Crippen molar-refractivity contribution in [2.45, 2.75) is 12.5 Å². The van der Waals surface area contributed by atoms with E-state index in [2.05, 4.69) is 11.2 Å². The average molecular weight is 252 g/mol. The summed E-state index contributed by atoms with van der Waals surface area (Å²) in [6.45, 7) is 0. The molecule has 2 amide bonds. The number of primary amides is 1. The minimum atomic E-state index is -1.08. The van der Waals surface area contributed by atoms with Crippen molar-refractivity contribution in [2.24, 2.45) is 5.73 Å². The summed E-state index contributed by atoms with van der Waals surface area (Å²) >= 11 is 0. The fourth-order valence-corrected chi connectivity index (χ4v) is 1.27. The van der Waals surface area contributed by atoms with Crippen molar-refractivity contribution in [1.82, 2.24) is 5.32 Å². The number of carbonyl (C=O) groups excluding carboxylic acids is 2. The first kappa shape index (κ1) is 13.6. The van der Waals surface area contributed by atoms with Gasteiger partial charge in [-0.25, -0.2) is 8.78 Å². The average Bonchev–Trinajstić information content (AvgIpc) is 2.26. The molecular weight excluding hydrogens is 242 g/mol. The number of amides is 2. The largest absolute Gasteiger partial charge is 0.368 e. The Balaban J connectivity index is 2.87. The normalized spacial score (nSPS) is 11.4. The molecular formula is C12H10F2N2O2. The Morgan fingerprint density at radius 2 is 1.89 bits per heavy atom. The second-order valence-corrected chi connectivity index (χ2v) is 3.49. The van der Waals surface area contributed by atoms with Gasteiger partial charge in [-0.3, -0.25) is 9.59 Å². The van der Waals surface area contributed by atoms with E-state index in [0.29, 0.717) is 6.07 Å². The molecule has 1 rings (SSSR count). The smallest absolute Gasteiger partial charge is 0.252 e. The molecule has 18 heavy (non-hydrogen) atoms. The molecule has 0 saturated heterocycles. The van der Waals surface area contributed by atoms with Crippen LogP contribution in [-0.4, -0.2) is 17.9 Å². The number of halogens is 2. The summed E-state index contributed by atoms with van der Waals surface area (Å²) in [5.41, 5.74) is 4.76. The summed E-state index contributed by atoms with van der Waals surface area (Å²) in [7, 11) is 0. The lowest BCUT2D eigenvalue weighted by molar-refractivity contribution is -0.119. The molecule has 3 N–H and O–H groups in total. The molecule has 0 saturated carbocycles. The second-order valence-electron chi connectivity index (χ2n) is 3.49. The van der Waals surface area contributed by atoms with Crippen LogP contribution in [0, 0.1) is 24.0 Å². The van der Waals surface area contributed by atoms with Gasteiger partial charge in [0.1, 0.15) is 17.7 Å². The number of terminal acetylenes is 1. The summed E-state index contributed by atoms with van der Waals surface area (Å²) in [6.07, 6.45) is 4.90. The van der Waals surface area contributed by atoms with Crippen LogP contribution in [0.1, 0.15) is 16.8 Å². The molecule has 1 aromatic carbocycles. The molecule has 0 aliphatic rings. The van der Waals surface area contributed by atoms with Crippen LogP contribution in [0.3, 0.4) is 0 Å². The molecule has 0 aliphatic carbocycles. The molecule has 0 bridgehead atoms. The monoisotopic (exact) mass is 252 g/mol. The van der Waals surface area contributed by atoms with E-state index in [9.17, 15) is 18.4 Å². The highest BCUT2D eigenvalue weighted by atomic mass is 19.1. The summed E-state index contributed by atoms with van der Waals surface area (Å²) in [4.78, 5) is 22.6. The van der Waals surface area contributed by atoms with Gasteiger partial charge in [-0.05, 0) is 12.1 Å². The molecule has 94 valence electrons. The van der Waals surface area contributed by atoms with E-state index in [1.807, 2.05) is 0 Å². The number of hydrogen-bond acceptors (Lipinski definition) is 2. The Labute approximate surface area is 102 Å². The van der Waals surface area contributed by atoms with E-state index < -0.39 is 29.5 Å². The van der Waals surface area contributed by atoms with Crippen LogP contribution in [0.15, 0.2) is 18.2 Å². The molecule has 0 unspecified atom stereocenters. The maximum atomic E-state index is 12.9. The number of hydrogen-bond donors (Lipinski definition) is 2. The van der Waals surface area contributed by atoms with E-state index in [-0.39, 0.29) is 12.0 Å². The zero-order chi connectivity index (χ0) is 13.7. The molecule has 0 fully saturated rings. The van der Waals surface area contributed by atoms with Crippen molar-refractivity contribution < 1.29 is 18.4 Å². The highest BCUT2D eigenvalue weighted by Gasteiger charge is 2.18. The molecule has 0 spiro atoms. The lowest BCUT2D eigenvalue weighted by Gasteiger charge is -2.12. The summed E-state index contributed by atoms with van der Waals surface area (Å²) in [6, 6.07) is 1.23. The topological polar surface area (TPSA) is 72.2 Å². The number of carbonyl (C=O) groups is 2. The zero-order valence-electron chi connectivity index (χ0n) is 9.24. The predicted molar refractivity (Wildman–Crippen MR) is 60.3 cm³/mol. The molecule has 0 aliphatic heterocycles. The Bertz CT molecular complexity index is 503. The van der Waals surface area contributed by atoms with Crippen molar-refractivity contribution in [3.8, 4) is 12.3 Å². The van der Waals surface area contributed by atoms with Crippen LogP contribution in [0.2, 0.25) is 0 Å². The van der Waals surface area contributed by atoms with Gasteiger partial charge >= 0.3 is 0 Å². The van der Waals surface area contributed by atoms with Crippen molar-refractivity contribution in [1.29, 1.82) is 0 Å². The van der Waals surface area contributed by atoms with Crippen molar-refractivity contribution in [3.05, 3.63) is 35.4 Å². The van der Waals surface area contributed by atoms with Crippen LogP contribution < -0.4 is 11.1 Å². The number of nitrogens with two attached hydrogens (primary N) is 1. The quantitative estimate of drug-likeness (QED) is 0.769. The van der Waals surface area contributed by atoms with Crippen LogP contribution in [-0.2, 0) is 4.79 Å². The van der Waals surface area contributed by atoms with Gasteiger partial charge in [-0.1, -0.05) is 0 Å². The predicted octanol–water partition coefficient (Wildman–Crippen LogP) is 0.572. The third kappa shape index (κ3) is 3.56. The molecule has 0 radical (unpaired) electrons. The molecule has 1 atom stereocenters. The SMILES string of the molecule is C#CC[C@H](NC(=O)c1cc(F)cc(F)c1)C(N)=O. The van der Waals surface area contributed by atoms with Gasteiger partial charge in [-0.2, -0.15) is 0 Å². The highest BCUT2D eigenvalue weighted by molar-refractivity contribution is 5.97. The number of nitrogens with one attached hydrogen (secondary N) is 1.